The highest BCUT2D eigenvalue weighted by Gasteiger charge is 2.08. The van der Waals surface area contributed by atoms with Gasteiger partial charge in [0, 0.05) is 44.7 Å². The molecule has 0 bridgehead atoms. The zero-order chi connectivity index (χ0) is 18.9. The Morgan fingerprint density at radius 1 is 1.15 bits per heavy atom. The zero-order valence-electron chi connectivity index (χ0n) is 15.7. The average molecular weight is 371 g/mol. The lowest BCUT2D eigenvalue weighted by molar-refractivity contribution is 0.0963. The van der Waals surface area contributed by atoms with Crippen molar-refractivity contribution in [3.63, 3.8) is 0 Å². The van der Waals surface area contributed by atoms with E-state index in [1.165, 1.54) is 10.5 Å². The molecule has 2 rings (SSSR count). The van der Waals surface area contributed by atoms with E-state index in [-0.39, 0.29) is 5.91 Å². The van der Waals surface area contributed by atoms with Crippen LogP contribution in [0.1, 0.15) is 21.5 Å². The van der Waals surface area contributed by atoms with Crippen LogP contribution in [0.3, 0.4) is 0 Å². The number of benzene rings is 2. The molecule has 0 heterocycles. The highest BCUT2D eigenvalue weighted by atomic mass is 32.2. The van der Waals surface area contributed by atoms with Crippen LogP contribution in [0.4, 0.5) is 0 Å². The van der Waals surface area contributed by atoms with Crippen molar-refractivity contribution in [3.8, 4) is 0 Å². The van der Waals surface area contributed by atoms with Gasteiger partial charge in [-0.05, 0) is 41.6 Å². The summed E-state index contributed by atoms with van der Waals surface area (Å²) >= 11 is 1.74. The Morgan fingerprint density at radius 2 is 1.88 bits per heavy atom. The van der Waals surface area contributed by atoms with Gasteiger partial charge in [-0.3, -0.25) is 9.79 Å². The summed E-state index contributed by atoms with van der Waals surface area (Å²) in [7, 11) is 5.42. The van der Waals surface area contributed by atoms with E-state index in [1.54, 1.807) is 25.9 Å². The van der Waals surface area contributed by atoms with Crippen molar-refractivity contribution in [1.82, 2.24) is 15.5 Å². The predicted molar refractivity (Wildman–Crippen MR) is 110 cm³/mol. The summed E-state index contributed by atoms with van der Waals surface area (Å²) < 4.78 is 0. The number of carbonyl (C=O) groups is 1. The van der Waals surface area contributed by atoms with Gasteiger partial charge >= 0.3 is 0 Å². The van der Waals surface area contributed by atoms with Crippen LogP contribution in [-0.4, -0.2) is 44.2 Å². The van der Waals surface area contributed by atoms with Gasteiger partial charge in [0.25, 0.3) is 5.91 Å². The Labute approximate surface area is 159 Å². The summed E-state index contributed by atoms with van der Waals surface area (Å²) in [4.78, 5) is 19.4. The molecule has 2 aromatic carbocycles. The molecule has 0 aliphatic heterocycles. The molecule has 0 saturated heterocycles. The molecule has 0 atom stereocenters. The Morgan fingerprint density at radius 3 is 2.50 bits per heavy atom. The van der Waals surface area contributed by atoms with Gasteiger partial charge < -0.3 is 15.5 Å². The first-order valence-electron chi connectivity index (χ1n) is 8.43. The van der Waals surface area contributed by atoms with Crippen LogP contribution in [-0.2, 0) is 13.1 Å². The van der Waals surface area contributed by atoms with E-state index in [2.05, 4.69) is 51.0 Å². The van der Waals surface area contributed by atoms with Crippen molar-refractivity contribution in [1.29, 1.82) is 0 Å². The second-order valence-corrected chi connectivity index (χ2v) is 6.76. The monoisotopic (exact) mass is 370 g/mol. The first kappa shape index (κ1) is 19.8. The van der Waals surface area contributed by atoms with E-state index in [1.807, 2.05) is 31.3 Å². The molecule has 0 unspecified atom stereocenters. The van der Waals surface area contributed by atoms with Crippen LogP contribution < -0.4 is 10.6 Å². The molecular weight excluding hydrogens is 344 g/mol. The lowest BCUT2D eigenvalue weighted by Gasteiger charge is -2.22. The molecule has 0 saturated carbocycles. The largest absolute Gasteiger partial charge is 0.355 e. The smallest absolute Gasteiger partial charge is 0.251 e. The molecule has 0 aliphatic carbocycles. The number of amides is 1. The first-order chi connectivity index (χ1) is 12.6. The minimum absolute atomic E-state index is 0.0814. The van der Waals surface area contributed by atoms with E-state index in [0.29, 0.717) is 12.1 Å². The number of thioether (sulfide) groups is 1. The molecule has 6 heteroatoms. The third-order valence-electron chi connectivity index (χ3n) is 4.02. The Balaban J connectivity index is 1.97. The lowest BCUT2D eigenvalue weighted by Crippen LogP contribution is -2.38. The molecule has 0 aliphatic rings. The lowest BCUT2D eigenvalue weighted by atomic mass is 10.1. The maximum Gasteiger partial charge on any atom is 0.251 e. The van der Waals surface area contributed by atoms with Crippen LogP contribution in [0, 0.1) is 0 Å². The molecule has 1 amide bonds. The van der Waals surface area contributed by atoms with E-state index in [9.17, 15) is 4.79 Å². The SMILES string of the molecule is CN=C(NCc1cccc(C(=O)NC)c1)N(C)Cc1ccc(SC)cc1. The van der Waals surface area contributed by atoms with Crippen molar-refractivity contribution < 1.29 is 4.79 Å². The minimum atomic E-state index is -0.0814. The van der Waals surface area contributed by atoms with Gasteiger partial charge in [0.2, 0.25) is 0 Å². The molecule has 0 fully saturated rings. The van der Waals surface area contributed by atoms with Crippen molar-refractivity contribution in [3.05, 3.63) is 65.2 Å². The zero-order valence-corrected chi connectivity index (χ0v) is 16.6. The van der Waals surface area contributed by atoms with Crippen LogP contribution in [0.15, 0.2) is 58.4 Å². The van der Waals surface area contributed by atoms with E-state index < -0.39 is 0 Å². The fraction of sp³-hybridized carbons (Fsp3) is 0.300. The molecule has 2 aromatic rings. The molecule has 0 radical (unpaired) electrons. The minimum Gasteiger partial charge on any atom is -0.355 e. The van der Waals surface area contributed by atoms with Crippen molar-refractivity contribution in [2.75, 3.05) is 27.4 Å². The first-order valence-corrected chi connectivity index (χ1v) is 9.65. The van der Waals surface area contributed by atoms with Gasteiger partial charge in [0.15, 0.2) is 5.96 Å². The van der Waals surface area contributed by atoms with Gasteiger partial charge in [0.05, 0.1) is 0 Å². The quantitative estimate of drug-likeness (QED) is 0.466. The van der Waals surface area contributed by atoms with Crippen molar-refractivity contribution in [2.24, 2.45) is 4.99 Å². The van der Waals surface area contributed by atoms with Crippen LogP contribution in [0.5, 0.6) is 0 Å². The van der Waals surface area contributed by atoms with Gasteiger partial charge in [-0.15, -0.1) is 11.8 Å². The summed E-state index contributed by atoms with van der Waals surface area (Å²) in [6, 6.07) is 16.1. The standard InChI is InChI=1S/C20H26N4OS/c1-21-19(25)17-7-5-6-16(12-17)13-23-20(22-2)24(3)14-15-8-10-18(26-4)11-9-15/h5-12H,13-14H2,1-4H3,(H,21,25)(H,22,23). The van der Waals surface area contributed by atoms with Crippen molar-refractivity contribution >= 4 is 23.6 Å². The molecule has 5 nitrogen and oxygen atoms in total. The van der Waals surface area contributed by atoms with E-state index >= 15 is 0 Å². The summed E-state index contributed by atoms with van der Waals surface area (Å²) in [5.41, 5.74) is 2.92. The third-order valence-corrected chi connectivity index (χ3v) is 4.76. The van der Waals surface area contributed by atoms with Crippen LogP contribution in [0.25, 0.3) is 0 Å². The molecular formula is C20H26N4OS. The van der Waals surface area contributed by atoms with Gasteiger partial charge in [-0.2, -0.15) is 0 Å². The van der Waals surface area contributed by atoms with Crippen LogP contribution in [0.2, 0.25) is 0 Å². The molecule has 0 spiro atoms. The number of guanidine groups is 1. The number of aliphatic imine (C=N–C) groups is 1. The van der Waals surface area contributed by atoms with Gasteiger partial charge in [-0.1, -0.05) is 24.3 Å². The van der Waals surface area contributed by atoms with Crippen LogP contribution >= 0.6 is 11.8 Å². The van der Waals surface area contributed by atoms with E-state index in [4.69, 9.17) is 0 Å². The highest BCUT2D eigenvalue weighted by Crippen LogP contribution is 2.15. The second kappa shape index (κ2) is 9.87. The number of hydrogen-bond donors (Lipinski definition) is 2. The topological polar surface area (TPSA) is 56.7 Å². The van der Waals surface area contributed by atoms with Gasteiger partial charge in [0.1, 0.15) is 0 Å². The molecule has 138 valence electrons. The fourth-order valence-electron chi connectivity index (χ4n) is 2.61. The number of nitrogens with zero attached hydrogens (tertiary/aromatic N) is 2. The molecule has 2 N–H and O–H groups in total. The normalized spacial score (nSPS) is 11.2. The molecule has 0 aromatic heterocycles. The highest BCUT2D eigenvalue weighted by molar-refractivity contribution is 7.98. The summed E-state index contributed by atoms with van der Waals surface area (Å²) in [5, 5.41) is 6.00. The maximum absolute atomic E-state index is 11.8. The van der Waals surface area contributed by atoms with E-state index in [0.717, 1.165) is 18.1 Å². The molecule has 26 heavy (non-hydrogen) atoms. The Bertz CT molecular complexity index is 759. The third kappa shape index (κ3) is 5.52. The number of hydrogen-bond acceptors (Lipinski definition) is 3. The average Bonchev–Trinajstić information content (AvgIpc) is 2.68. The summed E-state index contributed by atoms with van der Waals surface area (Å²) in [6.45, 7) is 1.37. The number of carbonyl (C=O) groups excluding carboxylic acids is 1. The Hall–Kier alpha value is -2.47. The Kier molecular flexibility index (Phi) is 7.53. The number of rotatable bonds is 6. The second-order valence-electron chi connectivity index (χ2n) is 5.88. The fourth-order valence-corrected chi connectivity index (χ4v) is 3.02. The van der Waals surface area contributed by atoms with Gasteiger partial charge in [-0.25, -0.2) is 0 Å². The predicted octanol–water partition coefficient (Wildman–Crippen LogP) is 2.98. The van der Waals surface area contributed by atoms with Crippen molar-refractivity contribution in [2.45, 2.75) is 18.0 Å². The number of nitrogens with one attached hydrogen (secondary N) is 2. The summed E-state index contributed by atoms with van der Waals surface area (Å²) in [5.74, 6) is 0.728. The maximum atomic E-state index is 11.8. The summed E-state index contributed by atoms with van der Waals surface area (Å²) in [6.07, 6.45) is 2.08.